The van der Waals surface area contributed by atoms with Crippen LogP contribution in [0.3, 0.4) is 0 Å². The Hall–Kier alpha value is -0.570. The first-order valence-electron chi connectivity index (χ1n) is 7.32. The van der Waals surface area contributed by atoms with Gasteiger partial charge in [0, 0.05) is 6.61 Å². The quantitative estimate of drug-likeness (QED) is 0.620. The zero-order valence-corrected chi connectivity index (χ0v) is 12.2. The Balaban J connectivity index is 2.43. The summed E-state index contributed by atoms with van der Waals surface area (Å²) in [5.41, 5.74) is -0.0618. The van der Waals surface area contributed by atoms with Crippen molar-refractivity contribution >= 4 is 5.97 Å². The van der Waals surface area contributed by atoms with Crippen LogP contribution >= 0.6 is 0 Å². The van der Waals surface area contributed by atoms with Gasteiger partial charge in [-0.3, -0.25) is 4.79 Å². The second-order valence-electron chi connectivity index (χ2n) is 5.98. The highest BCUT2D eigenvalue weighted by atomic mass is 16.5. The molecule has 1 aliphatic rings. The summed E-state index contributed by atoms with van der Waals surface area (Å²) >= 11 is 0. The van der Waals surface area contributed by atoms with E-state index in [-0.39, 0.29) is 17.5 Å². The fourth-order valence-corrected chi connectivity index (χ4v) is 2.25. The molecule has 18 heavy (non-hydrogen) atoms. The molecule has 0 amide bonds. The molecule has 1 fully saturated rings. The van der Waals surface area contributed by atoms with Gasteiger partial charge >= 0.3 is 5.97 Å². The molecule has 0 aromatic carbocycles. The molecule has 1 atom stereocenters. The Bertz CT molecular complexity index is 248. The second kappa shape index (κ2) is 7.78. The molecule has 0 radical (unpaired) electrons. The van der Waals surface area contributed by atoms with Gasteiger partial charge in [0.2, 0.25) is 0 Å². The van der Waals surface area contributed by atoms with Crippen LogP contribution in [-0.2, 0) is 14.3 Å². The third-order valence-electron chi connectivity index (χ3n) is 3.59. The number of carbonyl (C=O) groups excluding carboxylic acids is 1. The highest BCUT2D eigenvalue weighted by Crippen LogP contribution is 2.21. The van der Waals surface area contributed by atoms with E-state index in [1.807, 2.05) is 6.92 Å². The number of rotatable bonds is 0. The van der Waals surface area contributed by atoms with Gasteiger partial charge in [0.05, 0.1) is 18.1 Å². The average molecular weight is 256 g/mol. The highest BCUT2D eigenvalue weighted by molar-refractivity contribution is 5.71. The number of ether oxygens (including phenoxy) is 2. The maximum atomic E-state index is 11.7. The summed E-state index contributed by atoms with van der Waals surface area (Å²) in [7, 11) is 0. The van der Waals surface area contributed by atoms with Crippen molar-refractivity contribution in [3.8, 4) is 0 Å². The first-order chi connectivity index (χ1) is 8.51. The lowest BCUT2D eigenvalue weighted by Gasteiger charge is -2.26. The first-order valence-corrected chi connectivity index (χ1v) is 7.32. The molecule has 0 N–H and O–H groups in total. The molecule has 0 aliphatic carbocycles. The van der Waals surface area contributed by atoms with Crippen LogP contribution < -0.4 is 0 Å². The zero-order valence-electron chi connectivity index (χ0n) is 12.2. The summed E-state index contributed by atoms with van der Waals surface area (Å²) in [5, 5.41) is 0. The maximum absolute atomic E-state index is 11.7. The van der Waals surface area contributed by atoms with Crippen LogP contribution in [0.5, 0.6) is 0 Å². The van der Waals surface area contributed by atoms with Crippen LogP contribution in [-0.4, -0.2) is 24.8 Å². The van der Waals surface area contributed by atoms with Crippen LogP contribution in [0.2, 0.25) is 0 Å². The van der Waals surface area contributed by atoms with Crippen molar-refractivity contribution in [2.75, 3.05) is 13.2 Å². The van der Waals surface area contributed by atoms with E-state index < -0.39 is 0 Å². The third-order valence-corrected chi connectivity index (χ3v) is 3.59. The van der Waals surface area contributed by atoms with E-state index in [0.717, 1.165) is 51.6 Å². The molecule has 0 aromatic rings. The molecule has 1 unspecified atom stereocenters. The molecule has 1 aliphatic heterocycles. The van der Waals surface area contributed by atoms with E-state index in [2.05, 4.69) is 13.8 Å². The largest absolute Gasteiger partial charge is 0.465 e. The molecule has 1 saturated heterocycles. The van der Waals surface area contributed by atoms with E-state index >= 15 is 0 Å². The summed E-state index contributed by atoms with van der Waals surface area (Å²) in [5.74, 6) is -0.0190. The van der Waals surface area contributed by atoms with Gasteiger partial charge in [-0.1, -0.05) is 13.3 Å². The lowest BCUT2D eigenvalue weighted by atomic mass is 9.96. The minimum absolute atomic E-state index is 0.0174. The zero-order chi connectivity index (χ0) is 13.4. The fraction of sp³-hybridized carbons (Fsp3) is 0.933. The van der Waals surface area contributed by atoms with Crippen LogP contribution in [0.15, 0.2) is 0 Å². The van der Waals surface area contributed by atoms with Crippen molar-refractivity contribution in [3.63, 3.8) is 0 Å². The van der Waals surface area contributed by atoms with Crippen molar-refractivity contribution in [2.24, 2.45) is 5.92 Å². The molecule has 3 nitrogen and oxygen atoms in total. The lowest BCUT2D eigenvalue weighted by molar-refractivity contribution is -0.148. The normalized spacial score (nSPS) is 28.2. The predicted octanol–water partition coefficient (Wildman–Crippen LogP) is 3.71. The van der Waals surface area contributed by atoms with Gasteiger partial charge < -0.3 is 9.47 Å². The fourth-order valence-electron chi connectivity index (χ4n) is 2.25. The van der Waals surface area contributed by atoms with Crippen LogP contribution in [0, 0.1) is 5.92 Å². The molecular formula is C15H28O3. The van der Waals surface area contributed by atoms with Crippen molar-refractivity contribution in [1.29, 1.82) is 0 Å². The van der Waals surface area contributed by atoms with Crippen molar-refractivity contribution in [1.82, 2.24) is 0 Å². The van der Waals surface area contributed by atoms with E-state index in [4.69, 9.17) is 9.47 Å². The minimum Gasteiger partial charge on any atom is -0.465 e. The lowest BCUT2D eigenvalue weighted by Crippen LogP contribution is -2.26. The van der Waals surface area contributed by atoms with Crippen LogP contribution in [0.4, 0.5) is 0 Å². The maximum Gasteiger partial charge on any atom is 0.308 e. The second-order valence-corrected chi connectivity index (χ2v) is 5.98. The van der Waals surface area contributed by atoms with Crippen LogP contribution in [0.1, 0.15) is 65.7 Å². The van der Waals surface area contributed by atoms with Gasteiger partial charge in [-0.05, 0) is 52.4 Å². The monoisotopic (exact) mass is 256 g/mol. The van der Waals surface area contributed by atoms with Crippen LogP contribution in [0.25, 0.3) is 0 Å². The highest BCUT2D eigenvalue weighted by Gasteiger charge is 2.20. The Labute approximate surface area is 111 Å². The molecule has 3 heteroatoms. The Morgan fingerprint density at radius 2 is 1.72 bits per heavy atom. The van der Waals surface area contributed by atoms with E-state index in [1.54, 1.807) is 0 Å². The van der Waals surface area contributed by atoms with Crippen molar-refractivity contribution < 1.29 is 14.3 Å². The molecule has 106 valence electrons. The SMILES string of the molecule is CC1CCCC(C)(C)OCCCCCCOC1=O. The standard InChI is InChI=1S/C15H28O3/c1-13-9-8-10-15(2,3)18-12-7-5-4-6-11-17-14(13)16/h13H,4-12H2,1-3H3. The number of carbonyl (C=O) groups is 1. The summed E-state index contributed by atoms with van der Waals surface area (Å²) < 4.78 is 11.2. The molecule has 0 saturated carbocycles. The smallest absolute Gasteiger partial charge is 0.308 e. The van der Waals surface area contributed by atoms with Gasteiger partial charge in [-0.2, -0.15) is 0 Å². The molecule has 1 rings (SSSR count). The van der Waals surface area contributed by atoms with Gasteiger partial charge in [0.15, 0.2) is 0 Å². The number of cyclic esters (lactones) is 1. The molecule has 0 bridgehead atoms. The van der Waals surface area contributed by atoms with E-state index in [1.165, 1.54) is 0 Å². The average Bonchev–Trinajstić information content (AvgIpc) is 2.30. The predicted molar refractivity (Wildman–Crippen MR) is 72.5 cm³/mol. The van der Waals surface area contributed by atoms with E-state index in [9.17, 15) is 4.79 Å². The van der Waals surface area contributed by atoms with Gasteiger partial charge in [0.1, 0.15) is 0 Å². The number of hydrogen-bond donors (Lipinski definition) is 0. The molecular weight excluding hydrogens is 228 g/mol. The summed E-state index contributed by atoms with van der Waals surface area (Å²) in [4.78, 5) is 11.7. The molecule has 0 aromatic heterocycles. The molecule has 0 spiro atoms. The Kier molecular flexibility index (Phi) is 6.69. The number of esters is 1. The summed E-state index contributed by atoms with van der Waals surface area (Å²) in [6.07, 6.45) is 7.27. The van der Waals surface area contributed by atoms with Gasteiger partial charge in [-0.25, -0.2) is 0 Å². The first kappa shape index (κ1) is 15.5. The van der Waals surface area contributed by atoms with Crippen molar-refractivity contribution in [2.45, 2.75) is 71.3 Å². The van der Waals surface area contributed by atoms with Gasteiger partial charge in [-0.15, -0.1) is 0 Å². The topological polar surface area (TPSA) is 35.5 Å². The Morgan fingerprint density at radius 3 is 2.44 bits per heavy atom. The number of hydrogen-bond acceptors (Lipinski definition) is 3. The third kappa shape index (κ3) is 6.39. The minimum atomic E-state index is -0.0618. The summed E-state index contributed by atoms with van der Waals surface area (Å²) in [6.45, 7) is 7.67. The van der Waals surface area contributed by atoms with Gasteiger partial charge in [0.25, 0.3) is 0 Å². The summed E-state index contributed by atoms with van der Waals surface area (Å²) in [6, 6.07) is 0. The molecule has 1 heterocycles. The van der Waals surface area contributed by atoms with Crippen molar-refractivity contribution in [3.05, 3.63) is 0 Å². The van der Waals surface area contributed by atoms with E-state index in [0.29, 0.717) is 6.61 Å². The Morgan fingerprint density at radius 1 is 1.06 bits per heavy atom.